The molecule has 0 aromatic heterocycles. The third-order valence-electron chi connectivity index (χ3n) is 2.83. The molecule has 0 atom stereocenters. The molecular formula is C15H15BrN2O2. The third-order valence-corrected chi connectivity index (χ3v) is 3.51. The predicted octanol–water partition coefficient (Wildman–Crippen LogP) is 3.22. The maximum atomic E-state index is 12.0. The lowest BCUT2D eigenvalue weighted by atomic mass is 10.1. The zero-order chi connectivity index (χ0) is 14.5. The minimum absolute atomic E-state index is 0.105. The van der Waals surface area contributed by atoms with Crippen LogP contribution in [-0.4, -0.2) is 13.0 Å². The summed E-state index contributed by atoms with van der Waals surface area (Å²) >= 11 is 3.33. The number of halogens is 1. The van der Waals surface area contributed by atoms with Gasteiger partial charge in [-0.2, -0.15) is 0 Å². The maximum Gasteiger partial charge on any atom is 0.228 e. The van der Waals surface area contributed by atoms with Crippen LogP contribution in [0.5, 0.6) is 5.75 Å². The number of anilines is 2. The van der Waals surface area contributed by atoms with Gasteiger partial charge in [0, 0.05) is 21.4 Å². The van der Waals surface area contributed by atoms with E-state index in [4.69, 9.17) is 10.5 Å². The van der Waals surface area contributed by atoms with E-state index in [1.807, 2.05) is 24.3 Å². The van der Waals surface area contributed by atoms with Gasteiger partial charge >= 0.3 is 0 Å². The Morgan fingerprint density at radius 2 is 2.05 bits per heavy atom. The maximum absolute atomic E-state index is 12.0. The molecule has 4 nitrogen and oxygen atoms in total. The second-order valence-corrected chi connectivity index (χ2v) is 5.13. The van der Waals surface area contributed by atoms with Gasteiger partial charge in [-0.3, -0.25) is 4.79 Å². The van der Waals surface area contributed by atoms with Crippen molar-refractivity contribution in [2.24, 2.45) is 0 Å². The fraction of sp³-hybridized carbons (Fsp3) is 0.133. The number of para-hydroxylation sites is 1. The van der Waals surface area contributed by atoms with Crippen LogP contribution in [0.25, 0.3) is 0 Å². The number of hydrogen-bond donors (Lipinski definition) is 2. The first-order valence-corrected chi connectivity index (χ1v) is 6.86. The van der Waals surface area contributed by atoms with Crippen LogP contribution >= 0.6 is 15.9 Å². The summed E-state index contributed by atoms with van der Waals surface area (Å²) in [7, 11) is 1.59. The van der Waals surface area contributed by atoms with Gasteiger partial charge in [-0.25, -0.2) is 0 Å². The van der Waals surface area contributed by atoms with Crippen LogP contribution in [-0.2, 0) is 11.2 Å². The van der Waals surface area contributed by atoms with E-state index in [9.17, 15) is 4.79 Å². The van der Waals surface area contributed by atoms with Crippen molar-refractivity contribution in [1.82, 2.24) is 0 Å². The summed E-state index contributed by atoms with van der Waals surface area (Å²) < 4.78 is 5.98. The lowest BCUT2D eigenvalue weighted by molar-refractivity contribution is -0.115. The number of rotatable bonds is 4. The first-order valence-electron chi connectivity index (χ1n) is 6.07. The molecule has 0 fully saturated rings. The van der Waals surface area contributed by atoms with Gasteiger partial charge in [-0.15, -0.1) is 0 Å². The summed E-state index contributed by atoms with van der Waals surface area (Å²) in [5.41, 5.74) is 7.89. The molecule has 0 unspecified atom stereocenters. The molecule has 0 aliphatic rings. The number of ether oxygens (including phenoxy) is 1. The highest BCUT2D eigenvalue weighted by atomic mass is 79.9. The molecule has 0 aliphatic carbocycles. The van der Waals surface area contributed by atoms with Crippen LogP contribution in [0.2, 0.25) is 0 Å². The molecule has 2 rings (SSSR count). The number of nitrogens with one attached hydrogen (secondary N) is 1. The number of nitrogen functional groups attached to an aromatic ring is 1. The Morgan fingerprint density at radius 3 is 2.75 bits per heavy atom. The minimum Gasteiger partial charge on any atom is -0.496 e. The molecule has 2 aromatic carbocycles. The average Bonchev–Trinajstić information content (AvgIpc) is 2.43. The summed E-state index contributed by atoms with van der Waals surface area (Å²) in [6.45, 7) is 0. The van der Waals surface area contributed by atoms with Crippen LogP contribution in [0.1, 0.15) is 5.56 Å². The second-order valence-electron chi connectivity index (χ2n) is 4.27. The smallest absolute Gasteiger partial charge is 0.228 e. The molecule has 0 bridgehead atoms. The van der Waals surface area contributed by atoms with Gasteiger partial charge in [0.1, 0.15) is 5.75 Å². The van der Waals surface area contributed by atoms with Gasteiger partial charge < -0.3 is 15.8 Å². The number of nitrogens with two attached hydrogens (primary N) is 1. The minimum atomic E-state index is -0.105. The van der Waals surface area contributed by atoms with Crippen molar-refractivity contribution in [2.45, 2.75) is 6.42 Å². The average molecular weight is 335 g/mol. The van der Waals surface area contributed by atoms with Crippen molar-refractivity contribution in [2.75, 3.05) is 18.2 Å². The summed E-state index contributed by atoms with van der Waals surface area (Å²) in [4.78, 5) is 12.0. The first kappa shape index (κ1) is 14.4. The molecule has 0 spiro atoms. The normalized spacial score (nSPS) is 10.1. The fourth-order valence-electron chi connectivity index (χ4n) is 1.83. The quantitative estimate of drug-likeness (QED) is 0.843. The zero-order valence-electron chi connectivity index (χ0n) is 11.0. The van der Waals surface area contributed by atoms with Crippen molar-refractivity contribution in [3.8, 4) is 5.75 Å². The number of benzene rings is 2. The van der Waals surface area contributed by atoms with Crippen molar-refractivity contribution in [3.05, 3.63) is 52.5 Å². The van der Waals surface area contributed by atoms with Gasteiger partial charge in [0.05, 0.1) is 13.5 Å². The molecule has 0 radical (unpaired) electrons. The SMILES string of the molecule is COc1ccccc1CC(=O)Nc1ccc(N)c(Br)c1. The van der Waals surface area contributed by atoms with E-state index in [2.05, 4.69) is 21.2 Å². The highest BCUT2D eigenvalue weighted by Crippen LogP contribution is 2.24. The summed E-state index contributed by atoms with van der Waals surface area (Å²) in [6.07, 6.45) is 0.256. The van der Waals surface area contributed by atoms with E-state index < -0.39 is 0 Å². The summed E-state index contributed by atoms with van der Waals surface area (Å²) in [6, 6.07) is 12.7. The Kier molecular flexibility index (Phi) is 4.63. The number of carbonyl (C=O) groups is 1. The van der Waals surface area contributed by atoms with Crippen molar-refractivity contribution in [1.29, 1.82) is 0 Å². The van der Waals surface area contributed by atoms with Crippen LogP contribution in [0, 0.1) is 0 Å². The number of carbonyl (C=O) groups excluding carboxylic acids is 1. The van der Waals surface area contributed by atoms with Gasteiger partial charge in [0.15, 0.2) is 0 Å². The number of hydrogen-bond acceptors (Lipinski definition) is 3. The molecule has 0 saturated carbocycles. The molecule has 104 valence electrons. The van der Waals surface area contributed by atoms with Crippen LogP contribution in [0.15, 0.2) is 46.9 Å². The Labute approximate surface area is 126 Å². The molecule has 0 saturated heterocycles. The molecular weight excluding hydrogens is 320 g/mol. The molecule has 5 heteroatoms. The Hall–Kier alpha value is -2.01. The standard InChI is InChI=1S/C15H15BrN2O2/c1-20-14-5-3-2-4-10(14)8-15(19)18-11-6-7-13(17)12(16)9-11/h2-7,9H,8,17H2,1H3,(H,18,19). The summed E-state index contributed by atoms with van der Waals surface area (Å²) in [5, 5.41) is 2.83. The topological polar surface area (TPSA) is 64.3 Å². The number of methoxy groups -OCH3 is 1. The third kappa shape index (κ3) is 3.51. The lowest BCUT2D eigenvalue weighted by Crippen LogP contribution is -2.15. The largest absolute Gasteiger partial charge is 0.496 e. The summed E-state index contributed by atoms with van der Waals surface area (Å²) in [5.74, 6) is 0.604. The lowest BCUT2D eigenvalue weighted by Gasteiger charge is -2.09. The van der Waals surface area contributed by atoms with E-state index >= 15 is 0 Å². The Morgan fingerprint density at radius 1 is 1.30 bits per heavy atom. The van der Waals surface area contributed by atoms with Gasteiger partial charge in [-0.05, 0) is 40.2 Å². The van der Waals surface area contributed by atoms with E-state index in [1.54, 1.807) is 25.3 Å². The molecule has 20 heavy (non-hydrogen) atoms. The Bertz CT molecular complexity index is 629. The zero-order valence-corrected chi connectivity index (χ0v) is 12.6. The first-order chi connectivity index (χ1) is 9.60. The van der Waals surface area contributed by atoms with Gasteiger partial charge in [0.25, 0.3) is 0 Å². The van der Waals surface area contributed by atoms with Gasteiger partial charge in [0.2, 0.25) is 5.91 Å². The second kappa shape index (κ2) is 6.43. The van der Waals surface area contributed by atoms with E-state index in [0.29, 0.717) is 17.1 Å². The van der Waals surface area contributed by atoms with Crippen molar-refractivity contribution >= 4 is 33.2 Å². The van der Waals surface area contributed by atoms with Crippen LogP contribution in [0.4, 0.5) is 11.4 Å². The monoisotopic (exact) mass is 334 g/mol. The van der Waals surface area contributed by atoms with Crippen molar-refractivity contribution in [3.63, 3.8) is 0 Å². The molecule has 0 heterocycles. The highest BCUT2D eigenvalue weighted by Gasteiger charge is 2.09. The molecule has 2 aromatic rings. The van der Waals surface area contributed by atoms with E-state index in [-0.39, 0.29) is 12.3 Å². The number of amides is 1. The van der Waals surface area contributed by atoms with Gasteiger partial charge in [-0.1, -0.05) is 18.2 Å². The van der Waals surface area contributed by atoms with Crippen LogP contribution in [0.3, 0.4) is 0 Å². The van der Waals surface area contributed by atoms with E-state index in [1.165, 1.54) is 0 Å². The molecule has 1 amide bonds. The van der Waals surface area contributed by atoms with Crippen LogP contribution < -0.4 is 15.8 Å². The molecule has 3 N–H and O–H groups in total. The molecule has 0 aliphatic heterocycles. The predicted molar refractivity (Wildman–Crippen MR) is 83.9 cm³/mol. The van der Waals surface area contributed by atoms with Crippen molar-refractivity contribution < 1.29 is 9.53 Å². The fourth-order valence-corrected chi connectivity index (χ4v) is 2.21. The highest BCUT2D eigenvalue weighted by molar-refractivity contribution is 9.10. The Balaban J connectivity index is 2.07. The van der Waals surface area contributed by atoms with E-state index in [0.717, 1.165) is 10.0 Å².